The van der Waals surface area contributed by atoms with Crippen LogP contribution in [0.25, 0.3) is 0 Å². The minimum atomic E-state index is -0.881. The summed E-state index contributed by atoms with van der Waals surface area (Å²) < 4.78 is 0. The highest BCUT2D eigenvalue weighted by Crippen LogP contribution is 2.47. The van der Waals surface area contributed by atoms with E-state index in [1.165, 1.54) is 0 Å². The molecule has 0 radical (unpaired) electrons. The van der Waals surface area contributed by atoms with E-state index in [1.54, 1.807) is 0 Å². The van der Waals surface area contributed by atoms with Crippen LogP contribution in [0.1, 0.15) is 49.7 Å². The number of carbonyl (C=O) groups is 2. The zero-order valence-corrected chi connectivity index (χ0v) is 18.5. The zero-order valence-electron chi connectivity index (χ0n) is 18.5. The van der Waals surface area contributed by atoms with Crippen molar-refractivity contribution in [2.75, 3.05) is 13.1 Å². The van der Waals surface area contributed by atoms with Gasteiger partial charge in [-0.15, -0.1) is 0 Å². The lowest BCUT2D eigenvalue weighted by molar-refractivity contribution is -0.158. The molecule has 1 saturated carbocycles. The number of benzene rings is 2. The van der Waals surface area contributed by atoms with Crippen molar-refractivity contribution in [2.45, 2.75) is 56.7 Å². The quantitative estimate of drug-likeness (QED) is 0.801. The number of hydrogen-bond acceptors (Lipinski definition) is 3. The highest BCUT2D eigenvalue weighted by Gasteiger charge is 2.51. The summed E-state index contributed by atoms with van der Waals surface area (Å²) in [6.45, 7) is 1.60. The van der Waals surface area contributed by atoms with Crippen molar-refractivity contribution >= 4 is 11.8 Å². The second-order valence-corrected chi connectivity index (χ2v) is 9.69. The fraction of sp³-hybridized carbons (Fsp3) is 0.481. The summed E-state index contributed by atoms with van der Waals surface area (Å²) in [6, 6.07) is 20.0. The van der Waals surface area contributed by atoms with Gasteiger partial charge < -0.3 is 14.9 Å². The Hall–Kier alpha value is -2.66. The van der Waals surface area contributed by atoms with Gasteiger partial charge in [0.15, 0.2) is 0 Å². The van der Waals surface area contributed by atoms with Crippen LogP contribution < -0.4 is 0 Å². The van der Waals surface area contributed by atoms with Crippen molar-refractivity contribution in [3.63, 3.8) is 0 Å². The topological polar surface area (TPSA) is 60.9 Å². The Morgan fingerprint density at radius 1 is 1.00 bits per heavy atom. The van der Waals surface area contributed by atoms with E-state index >= 15 is 0 Å². The molecule has 2 unspecified atom stereocenters. The summed E-state index contributed by atoms with van der Waals surface area (Å²) in [4.78, 5) is 30.1. The van der Waals surface area contributed by atoms with Crippen molar-refractivity contribution < 1.29 is 14.7 Å². The lowest BCUT2D eigenvalue weighted by Gasteiger charge is -2.53. The molecule has 2 amide bonds. The van der Waals surface area contributed by atoms with E-state index in [9.17, 15) is 14.7 Å². The number of piperidine rings is 1. The van der Waals surface area contributed by atoms with Gasteiger partial charge in [-0.2, -0.15) is 0 Å². The third-order valence-electron chi connectivity index (χ3n) is 7.81. The van der Waals surface area contributed by atoms with Crippen LogP contribution in [0.5, 0.6) is 0 Å². The minimum absolute atomic E-state index is 0.0495. The third-order valence-corrected chi connectivity index (χ3v) is 7.81. The molecule has 3 aliphatic rings. The normalized spacial score (nSPS) is 30.3. The van der Waals surface area contributed by atoms with Gasteiger partial charge in [0, 0.05) is 38.0 Å². The molecule has 1 N–H and O–H groups in total. The van der Waals surface area contributed by atoms with Gasteiger partial charge >= 0.3 is 0 Å². The van der Waals surface area contributed by atoms with E-state index in [1.807, 2.05) is 70.5 Å². The van der Waals surface area contributed by atoms with E-state index in [-0.39, 0.29) is 29.7 Å². The number of fused-ring (bicyclic) bond motifs is 1. The number of rotatable bonds is 4. The molecular weight excluding hydrogens is 400 g/mol. The van der Waals surface area contributed by atoms with Gasteiger partial charge in [0.05, 0.1) is 11.5 Å². The van der Waals surface area contributed by atoms with Crippen LogP contribution in [0, 0.1) is 11.8 Å². The molecule has 3 fully saturated rings. The third kappa shape index (κ3) is 3.83. The molecule has 4 atom stereocenters. The fourth-order valence-electron chi connectivity index (χ4n) is 6.17. The molecule has 5 nitrogen and oxygen atoms in total. The van der Waals surface area contributed by atoms with Crippen LogP contribution in [0.3, 0.4) is 0 Å². The molecule has 2 aromatic rings. The molecule has 0 aromatic heterocycles. The van der Waals surface area contributed by atoms with Gasteiger partial charge in [-0.3, -0.25) is 9.59 Å². The summed E-state index contributed by atoms with van der Waals surface area (Å²) in [7, 11) is 0. The molecule has 32 heavy (non-hydrogen) atoms. The van der Waals surface area contributed by atoms with Crippen molar-refractivity contribution in [3.8, 4) is 0 Å². The lowest BCUT2D eigenvalue weighted by Crippen LogP contribution is -2.60. The predicted octanol–water partition coefficient (Wildman–Crippen LogP) is 3.71. The van der Waals surface area contributed by atoms with E-state index in [0.29, 0.717) is 32.5 Å². The van der Waals surface area contributed by atoms with Gasteiger partial charge in [0.1, 0.15) is 0 Å². The fourth-order valence-corrected chi connectivity index (χ4v) is 6.17. The number of likely N-dealkylation sites (tertiary alicyclic amines) is 2. The standard InChI is InChI=1S/C27H32N2O3/c30-25-17-21(19-28(25)18-20-9-3-1-4-10-20)26(31)29-16-15-27(32,22-11-5-2-6-12-22)23-13-7-8-14-24(23)29/h1-6,9-12,21,23-24,32H,7-8,13-19H2/t21?,23-,24+,27?/m0/s1. The van der Waals surface area contributed by atoms with Crippen molar-refractivity contribution in [1.29, 1.82) is 0 Å². The number of amides is 2. The summed E-state index contributed by atoms with van der Waals surface area (Å²) in [5.41, 5.74) is 1.18. The van der Waals surface area contributed by atoms with Crippen molar-refractivity contribution in [1.82, 2.24) is 9.80 Å². The molecule has 2 aliphatic heterocycles. The highest BCUT2D eigenvalue weighted by atomic mass is 16.3. The first kappa shape index (κ1) is 21.2. The van der Waals surface area contributed by atoms with Gasteiger partial charge in [-0.25, -0.2) is 0 Å². The Balaban J connectivity index is 1.32. The van der Waals surface area contributed by atoms with Gasteiger partial charge in [-0.1, -0.05) is 73.5 Å². The van der Waals surface area contributed by atoms with E-state index in [2.05, 4.69) is 0 Å². The van der Waals surface area contributed by atoms with E-state index in [4.69, 9.17) is 0 Å². The Bertz CT molecular complexity index is 963. The number of carbonyl (C=O) groups excluding carboxylic acids is 2. The Morgan fingerprint density at radius 2 is 1.69 bits per heavy atom. The first-order valence-corrected chi connectivity index (χ1v) is 12.0. The van der Waals surface area contributed by atoms with E-state index in [0.717, 1.165) is 36.8 Å². The summed E-state index contributed by atoms with van der Waals surface area (Å²) in [6.07, 6.45) is 4.88. The predicted molar refractivity (Wildman–Crippen MR) is 122 cm³/mol. The van der Waals surface area contributed by atoms with Crippen LogP contribution in [-0.4, -0.2) is 45.9 Å². The Morgan fingerprint density at radius 3 is 2.44 bits per heavy atom. The maximum absolute atomic E-state index is 13.6. The number of aliphatic hydroxyl groups is 1. The SMILES string of the molecule is O=C1CC(C(=O)N2CCC(O)(c3ccccc3)[C@H]3CCCC[C@H]32)CN1Cc1ccccc1. The Kier molecular flexibility index (Phi) is 5.76. The second-order valence-electron chi connectivity index (χ2n) is 9.69. The molecule has 2 saturated heterocycles. The summed E-state index contributed by atoms with van der Waals surface area (Å²) >= 11 is 0. The van der Waals surface area contributed by atoms with Crippen molar-refractivity contribution in [3.05, 3.63) is 71.8 Å². The minimum Gasteiger partial charge on any atom is -0.385 e. The monoisotopic (exact) mass is 432 g/mol. The van der Waals surface area contributed by atoms with Crippen LogP contribution in [-0.2, 0) is 21.7 Å². The van der Waals surface area contributed by atoms with Gasteiger partial charge in [0.25, 0.3) is 0 Å². The Labute approximate surface area is 190 Å². The maximum Gasteiger partial charge on any atom is 0.228 e. The average Bonchev–Trinajstić information content (AvgIpc) is 3.20. The second kappa shape index (κ2) is 8.70. The highest BCUT2D eigenvalue weighted by molar-refractivity contribution is 5.89. The number of nitrogens with zero attached hydrogens (tertiary/aromatic N) is 2. The first-order chi connectivity index (χ1) is 15.6. The van der Waals surface area contributed by atoms with Gasteiger partial charge in [0.2, 0.25) is 11.8 Å². The molecule has 5 rings (SSSR count). The van der Waals surface area contributed by atoms with Crippen LogP contribution >= 0.6 is 0 Å². The number of hydrogen-bond donors (Lipinski definition) is 1. The molecule has 2 heterocycles. The van der Waals surface area contributed by atoms with Crippen LogP contribution in [0.15, 0.2) is 60.7 Å². The van der Waals surface area contributed by atoms with Crippen LogP contribution in [0.4, 0.5) is 0 Å². The molecule has 2 aromatic carbocycles. The molecule has 0 spiro atoms. The summed E-state index contributed by atoms with van der Waals surface area (Å²) in [5, 5.41) is 11.8. The largest absolute Gasteiger partial charge is 0.385 e. The molecule has 168 valence electrons. The molecule has 0 bridgehead atoms. The van der Waals surface area contributed by atoms with Crippen molar-refractivity contribution in [2.24, 2.45) is 11.8 Å². The van der Waals surface area contributed by atoms with Crippen LogP contribution in [0.2, 0.25) is 0 Å². The average molecular weight is 433 g/mol. The molecule has 5 heteroatoms. The zero-order chi connectivity index (χ0) is 22.1. The molecular formula is C27H32N2O3. The maximum atomic E-state index is 13.6. The summed E-state index contributed by atoms with van der Waals surface area (Å²) in [5.74, 6) is -0.0725. The first-order valence-electron chi connectivity index (χ1n) is 12.0. The smallest absolute Gasteiger partial charge is 0.228 e. The lowest BCUT2D eigenvalue weighted by atomic mass is 9.66. The van der Waals surface area contributed by atoms with E-state index < -0.39 is 5.60 Å². The molecule has 1 aliphatic carbocycles. The van der Waals surface area contributed by atoms with Gasteiger partial charge in [-0.05, 0) is 30.4 Å².